The predicted molar refractivity (Wildman–Crippen MR) is 91.4 cm³/mol. The Morgan fingerprint density at radius 2 is 1.48 bits per heavy atom. The summed E-state index contributed by atoms with van der Waals surface area (Å²) in [5, 5.41) is 2.64. The Morgan fingerprint density at radius 3 is 1.61 bits per heavy atom. The number of carbonyl (C=O) groups is 2. The fourth-order valence-electron chi connectivity index (χ4n) is 1.38. The van der Waals surface area contributed by atoms with Crippen molar-refractivity contribution in [2.24, 2.45) is 0 Å². The van der Waals surface area contributed by atoms with Crippen molar-refractivity contribution in [2.45, 2.75) is 34.8 Å². The zero-order valence-electron chi connectivity index (χ0n) is 12.4. The molecule has 23 heavy (non-hydrogen) atoms. The Kier molecular flexibility index (Phi) is 9.68. The maximum Gasteiger partial charge on any atom is 0.253 e. The van der Waals surface area contributed by atoms with Crippen LogP contribution >= 0.6 is 0 Å². The van der Waals surface area contributed by atoms with Gasteiger partial charge in [-0.15, -0.1) is 0 Å². The molecular formula is C16H26N2O5. The van der Waals surface area contributed by atoms with Gasteiger partial charge in [-0.05, 0) is 13.8 Å². The summed E-state index contributed by atoms with van der Waals surface area (Å²) < 4.78 is 4.71. The van der Waals surface area contributed by atoms with Crippen molar-refractivity contribution in [1.29, 1.82) is 0 Å². The van der Waals surface area contributed by atoms with E-state index in [2.05, 4.69) is 12.2 Å². The highest BCUT2D eigenvalue weighted by Gasteiger charge is 2.17. The van der Waals surface area contributed by atoms with E-state index in [9.17, 15) is 19.2 Å². The molecule has 2 amide bonds. The van der Waals surface area contributed by atoms with Gasteiger partial charge in [-0.25, -0.2) is 0 Å². The average Bonchev–Trinajstić information content (AvgIpc) is 3.21. The van der Waals surface area contributed by atoms with Crippen molar-refractivity contribution in [3.05, 3.63) is 38.2 Å². The molecule has 1 unspecified atom stereocenters. The van der Waals surface area contributed by atoms with Crippen LogP contribution in [0, 0.1) is 6.92 Å². The van der Waals surface area contributed by atoms with Crippen LogP contribution in [0.4, 0.5) is 5.69 Å². The SMILES string of the molecule is C.C.CC1CO1.CN1C(=O)C=CC1=O.CNc1c(C)c(=O)c1=O. The third-order valence-corrected chi connectivity index (χ3v) is 2.93. The maximum atomic E-state index is 10.5. The number of ether oxygens (including phenoxy) is 1. The number of hydrogen-bond acceptors (Lipinski definition) is 6. The van der Waals surface area contributed by atoms with Crippen molar-refractivity contribution in [2.75, 3.05) is 26.0 Å². The first-order valence-corrected chi connectivity index (χ1v) is 6.38. The summed E-state index contributed by atoms with van der Waals surface area (Å²) >= 11 is 0. The molecule has 1 aromatic carbocycles. The summed E-state index contributed by atoms with van der Waals surface area (Å²) in [5.74, 6) is -0.481. The average molecular weight is 326 g/mol. The van der Waals surface area contributed by atoms with Gasteiger partial charge in [0.1, 0.15) is 0 Å². The molecule has 1 aromatic rings. The number of hydrogen-bond donors (Lipinski definition) is 1. The van der Waals surface area contributed by atoms with Gasteiger partial charge in [0.25, 0.3) is 11.8 Å². The van der Waals surface area contributed by atoms with Crippen molar-refractivity contribution < 1.29 is 14.3 Å². The van der Waals surface area contributed by atoms with Gasteiger partial charge in [-0.2, -0.15) is 0 Å². The standard InChI is InChI=1S/C6H7NO2.C5H5NO2.C3H6O.2CH4/c1-3-4(7-2)6(9)5(3)8;1-6-4(7)2-3-5(6)8;1-3-2-4-3;;/h7H,1-2H3;2-3H,1H3;3H,2H2,1H3;2*1H4. The first-order chi connectivity index (χ1) is 9.79. The van der Waals surface area contributed by atoms with Crippen molar-refractivity contribution >= 4 is 17.5 Å². The Morgan fingerprint density at radius 1 is 1.09 bits per heavy atom. The third-order valence-electron chi connectivity index (χ3n) is 2.93. The predicted octanol–water partition coefficient (Wildman–Crippen LogP) is 0.851. The number of rotatable bonds is 1. The third kappa shape index (κ3) is 6.15. The molecule has 1 N–H and O–H groups in total. The summed E-state index contributed by atoms with van der Waals surface area (Å²) in [6, 6.07) is 0. The van der Waals surface area contributed by atoms with E-state index in [-0.39, 0.29) is 32.1 Å². The lowest BCUT2D eigenvalue weighted by atomic mass is 10.1. The van der Waals surface area contributed by atoms with E-state index in [1.165, 1.54) is 19.2 Å². The lowest BCUT2D eigenvalue weighted by Crippen LogP contribution is -2.36. The van der Waals surface area contributed by atoms with Gasteiger partial charge >= 0.3 is 0 Å². The highest BCUT2D eigenvalue weighted by molar-refractivity contribution is 6.12. The van der Waals surface area contributed by atoms with E-state index in [1.54, 1.807) is 14.0 Å². The Labute approximate surface area is 136 Å². The minimum absolute atomic E-state index is 0. The molecule has 0 aromatic heterocycles. The van der Waals surface area contributed by atoms with E-state index in [1.807, 2.05) is 0 Å². The summed E-state index contributed by atoms with van der Waals surface area (Å²) in [7, 11) is 3.08. The van der Waals surface area contributed by atoms with Gasteiger partial charge in [0.15, 0.2) is 0 Å². The Bertz CT molecular complexity index is 619. The number of amides is 2. The Hall–Kier alpha value is -2.28. The van der Waals surface area contributed by atoms with Crippen LogP contribution in [0.15, 0.2) is 21.7 Å². The molecule has 0 radical (unpaired) electrons. The van der Waals surface area contributed by atoms with Crippen LogP contribution in [-0.2, 0) is 14.3 Å². The van der Waals surface area contributed by atoms with Crippen LogP contribution in [0.25, 0.3) is 0 Å². The monoisotopic (exact) mass is 326 g/mol. The molecule has 0 aliphatic carbocycles. The second kappa shape index (κ2) is 9.68. The molecule has 2 heterocycles. The van der Waals surface area contributed by atoms with Crippen LogP contribution in [0.2, 0.25) is 0 Å². The van der Waals surface area contributed by atoms with Gasteiger partial charge in [-0.1, -0.05) is 14.9 Å². The molecule has 2 aliphatic rings. The van der Waals surface area contributed by atoms with Crippen LogP contribution in [0.3, 0.4) is 0 Å². The summed E-state index contributed by atoms with van der Waals surface area (Å²) in [5.41, 5.74) is 0.247. The quantitative estimate of drug-likeness (QED) is 0.467. The van der Waals surface area contributed by atoms with Crippen LogP contribution in [0.1, 0.15) is 27.3 Å². The topological polar surface area (TPSA) is 96.1 Å². The fourth-order valence-corrected chi connectivity index (χ4v) is 1.38. The molecule has 7 nitrogen and oxygen atoms in total. The molecule has 1 atom stereocenters. The number of anilines is 1. The molecule has 0 saturated carbocycles. The second-order valence-corrected chi connectivity index (χ2v) is 4.62. The van der Waals surface area contributed by atoms with Crippen LogP contribution in [0.5, 0.6) is 0 Å². The van der Waals surface area contributed by atoms with E-state index >= 15 is 0 Å². The molecule has 1 fully saturated rings. The number of nitrogens with zero attached hydrogens (tertiary/aromatic N) is 1. The van der Waals surface area contributed by atoms with Crippen LogP contribution in [-0.4, -0.2) is 43.5 Å². The molecule has 3 rings (SSSR count). The zero-order chi connectivity index (χ0) is 16.2. The largest absolute Gasteiger partial charge is 0.385 e. The molecule has 1 saturated heterocycles. The number of carbonyl (C=O) groups excluding carboxylic acids is 2. The summed E-state index contributed by atoms with van der Waals surface area (Å²) in [4.78, 5) is 42.9. The fraction of sp³-hybridized carbons (Fsp3) is 0.500. The van der Waals surface area contributed by atoms with E-state index in [0.717, 1.165) is 11.5 Å². The number of likely N-dealkylation sites (N-methyl/N-ethyl adjacent to an activating group) is 1. The minimum Gasteiger partial charge on any atom is -0.385 e. The summed E-state index contributed by atoms with van der Waals surface area (Å²) in [6.07, 6.45) is 3.09. The van der Waals surface area contributed by atoms with E-state index in [4.69, 9.17) is 4.74 Å². The molecule has 0 bridgehead atoms. The number of imide groups is 1. The highest BCUT2D eigenvalue weighted by Crippen LogP contribution is 2.04. The van der Waals surface area contributed by atoms with Crippen LogP contribution < -0.4 is 16.2 Å². The smallest absolute Gasteiger partial charge is 0.253 e. The van der Waals surface area contributed by atoms with Gasteiger partial charge in [0.05, 0.1) is 18.4 Å². The lowest BCUT2D eigenvalue weighted by Gasteiger charge is -2.03. The normalized spacial score (nSPS) is 17.2. The Balaban J connectivity index is 0. The highest BCUT2D eigenvalue weighted by atomic mass is 16.6. The van der Waals surface area contributed by atoms with Gasteiger partial charge in [0, 0.05) is 31.8 Å². The van der Waals surface area contributed by atoms with Crippen molar-refractivity contribution in [1.82, 2.24) is 4.90 Å². The van der Waals surface area contributed by atoms with Gasteiger partial charge in [0.2, 0.25) is 10.9 Å². The molecule has 130 valence electrons. The van der Waals surface area contributed by atoms with E-state index in [0.29, 0.717) is 17.4 Å². The minimum atomic E-state index is -0.394. The molecule has 7 heteroatoms. The van der Waals surface area contributed by atoms with Gasteiger partial charge < -0.3 is 10.1 Å². The van der Waals surface area contributed by atoms with Gasteiger partial charge in [-0.3, -0.25) is 24.1 Å². The molecular weight excluding hydrogens is 300 g/mol. The van der Waals surface area contributed by atoms with Crippen molar-refractivity contribution in [3.8, 4) is 0 Å². The van der Waals surface area contributed by atoms with E-state index < -0.39 is 5.43 Å². The number of nitrogens with one attached hydrogen (secondary N) is 1. The van der Waals surface area contributed by atoms with Crippen molar-refractivity contribution in [3.63, 3.8) is 0 Å². The lowest BCUT2D eigenvalue weighted by molar-refractivity contribution is -0.135. The maximum absolute atomic E-state index is 10.5. The zero-order valence-corrected chi connectivity index (χ0v) is 12.4. The first-order valence-electron chi connectivity index (χ1n) is 6.38. The summed E-state index contributed by atoms with van der Waals surface area (Å²) in [6.45, 7) is 4.68. The molecule has 0 spiro atoms. The number of epoxide rings is 1. The first kappa shape index (κ1) is 23.0. The molecule has 2 aliphatic heterocycles. The second-order valence-electron chi connectivity index (χ2n) is 4.62.